The molecule has 0 atom stereocenters. The van der Waals surface area contributed by atoms with Crippen LogP contribution in [0, 0.1) is 0 Å². The molecule has 1 aliphatic heterocycles. The van der Waals surface area contributed by atoms with Crippen LogP contribution in [0.1, 0.15) is 5.56 Å². The van der Waals surface area contributed by atoms with Gasteiger partial charge in [0.25, 0.3) is 0 Å². The minimum absolute atomic E-state index is 0. The number of hydrogen-bond donors (Lipinski definition) is 2. The van der Waals surface area contributed by atoms with Gasteiger partial charge in [-0.25, -0.2) is 8.42 Å². The average Bonchev–Trinajstić information content (AvgIpc) is 2.53. The number of morpholine rings is 1. The Labute approximate surface area is 136 Å². The number of carbonyl (C=O) groups excluding carboxylic acids is 1. The van der Waals surface area contributed by atoms with Crippen molar-refractivity contribution < 1.29 is 17.9 Å². The van der Waals surface area contributed by atoms with E-state index in [0.29, 0.717) is 32.8 Å². The second kappa shape index (κ2) is 8.44. The normalized spacial score (nSPS) is 15.9. The van der Waals surface area contributed by atoms with Gasteiger partial charge in [-0.15, -0.1) is 12.4 Å². The lowest BCUT2D eigenvalue weighted by atomic mass is 10.2. The van der Waals surface area contributed by atoms with Crippen molar-refractivity contribution in [2.45, 2.75) is 11.4 Å². The van der Waals surface area contributed by atoms with Crippen molar-refractivity contribution >= 4 is 28.3 Å². The molecule has 0 aliphatic carbocycles. The minimum Gasteiger partial charge on any atom is -0.379 e. The first-order chi connectivity index (χ1) is 10.0. The number of nitrogens with one attached hydrogen (secondary N) is 1. The van der Waals surface area contributed by atoms with Crippen LogP contribution in [-0.2, 0) is 26.1 Å². The highest BCUT2D eigenvalue weighted by Gasteiger charge is 2.25. The number of nitrogens with zero attached hydrogens (tertiary/aromatic N) is 1. The Balaban J connectivity index is 0.00000242. The van der Waals surface area contributed by atoms with Gasteiger partial charge in [-0.1, -0.05) is 12.1 Å². The topological polar surface area (TPSA) is 102 Å². The van der Waals surface area contributed by atoms with Crippen molar-refractivity contribution in [3.8, 4) is 0 Å². The standard InChI is InChI=1S/C13H19N3O4S.ClH/c14-9-13(17)15-10-11-1-3-12(4-2-11)21(18,19)16-5-7-20-8-6-16;/h1-4H,5-10,14H2,(H,15,17);1H. The molecule has 1 aromatic carbocycles. The van der Waals surface area contributed by atoms with Crippen LogP contribution in [-0.4, -0.2) is 51.5 Å². The summed E-state index contributed by atoms with van der Waals surface area (Å²) in [5, 5.41) is 2.63. The van der Waals surface area contributed by atoms with E-state index in [4.69, 9.17) is 10.5 Å². The molecule has 0 aromatic heterocycles. The summed E-state index contributed by atoms with van der Waals surface area (Å²) in [6.45, 7) is 1.84. The summed E-state index contributed by atoms with van der Waals surface area (Å²) < 4.78 is 31.4. The minimum atomic E-state index is -3.47. The molecule has 1 amide bonds. The van der Waals surface area contributed by atoms with Crippen molar-refractivity contribution in [1.29, 1.82) is 0 Å². The van der Waals surface area contributed by atoms with Gasteiger partial charge < -0.3 is 15.8 Å². The number of nitrogens with two attached hydrogens (primary N) is 1. The number of sulfonamides is 1. The molecule has 22 heavy (non-hydrogen) atoms. The molecule has 0 saturated carbocycles. The van der Waals surface area contributed by atoms with E-state index < -0.39 is 10.0 Å². The fourth-order valence-corrected chi connectivity index (χ4v) is 3.40. The second-order valence-corrected chi connectivity index (χ2v) is 6.58. The lowest BCUT2D eigenvalue weighted by Gasteiger charge is -2.26. The second-order valence-electron chi connectivity index (χ2n) is 4.64. The molecule has 124 valence electrons. The highest BCUT2D eigenvalue weighted by molar-refractivity contribution is 7.89. The van der Waals surface area contributed by atoms with Gasteiger partial charge in [0.15, 0.2) is 0 Å². The monoisotopic (exact) mass is 349 g/mol. The highest BCUT2D eigenvalue weighted by atomic mass is 35.5. The smallest absolute Gasteiger partial charge is 0.243 e. The Morgan fingerprint density at radius 1 is 1.23 bits per heavy atom. The zero-order valence-electron chi connectivity index (χ0n) is 12.0. The molecule has 2 rings (SSSR count). The number of ether oxygens (including phenoxy) is 1. The highest BCUT2D eigenvalue weighted by Crippen LogP contribution is 2.17. The van der Waals surface area contributed by atoms with E-state index in [1.54, 1.807) is 24.3 Å². The summed E-state index contributed by atoms with van der Waals surface area (Å²) in [7, 11) is -3.47. The molecule has 3 N–H and O–H groups in total. The van der Waals surface area contributed by atoms with Crippen molar-refractivity contribution in [3.05, 3.63) is 29.8 Å². The summed E-state index contributed by atoms with van der Waals surface area (Å²) in [4.78, 5) is 11.3. The third-order valence-corrected chi connectivity index (χ3v) is 5.12. The quantitative estimate of drug-likeness (QED) is 0.760. The maximum Gasteiger partial charge on any atom is 0.243 e. The Hall–Kier alpha value is -1.19. The van der Waals surface area contributed by atoms with Gasteiger partial charge in [-0.3, -0.25) is 4.79 Å². The van der Waals surface area contributed by atoms with Gasteiger partial charge >= 0.3 is 0 Å². The summed E-state index contributed by atoms with van der Waals surface area (Å²) in [5.41, 5.74) is 6.01. The first-order valence-corrected chi connectivity index (χ1v) is 8.11. The largest absolute Gasteiger partial charge is 0.379 e. The lowest BCUT2D eigenvalue weighted by Crippen LogP contribution is -2.40. The van der Waals surface area contributed by atoms with Crippen LogP contribution < -0.4 is 11.1 Å². The summed E-state index contributed by atoms with van der Waals surface area (Å²) >= 11 is 0. The van der Waals surface area contributed by atoms with Crippen LogP contribution in [0.4, 0.5) is 0 Å². The van der Waals surface area contributed by atoms with Crippen LogP contribution >= 0.6 is 12.4 Å². The molecule has 0 unspecified atom stereocenters. The SMILES string of the molecule is Cl.NCC(=O)NCc1ccc(S(=O)(=O)N2CCOCC2)cc1. The average molecular weight is 350 g/mol. The van der Waals surface area contributed by atoms with Crippen LogP contribution in [0.5, 0.6) is 0 Å². The van der Waals surface area contributed by atoms with Gasteiger partial charge in [0.1, 0.15) is 0 Å². The molecule has 1 heterocycles. The number of benzene rings is 1. The number of halogens is 1. The lowest BCUT2D eigenvalue weighted by molar-refractivity contribution is -0.119. The van der Waals surface area contributed by atoms with E-state index in [-0.39, 0.29) is 29.8 Å². The van der Waals surface area contributed by atoms with Crippen LogP contribution in [0.25, 0.3) is 0 Å². The molecule has 0 radical (unpaired) electrons. The summed E-state index contributed by atoms with van der Waals surface area (Å²) in [5.74, 6) is -0.250. The molecule has 0 spiro atoms. The Morgan fingerprint density at radius 2 is 1.82 bits per heavy atom. The molecular formula is C13H20ClN3O4S. The molecule has 7 nitrogen and oxygen atoms in total. The number of rotatable bonds is 5. The third-order valence-electron chi connectivity index (χ3n) is 3.21. The maximum atomic E-state index is 12.4. The van der Waals surface area contributed by atoms with Gasteiger partial charge in [0, 0.05) is 19.6 Å². The van der Waals surface area contributed by atoms with E-state index in [1.807, 2.05) is 0 Å². The zero-order valence-corrected chi connectivity index (χ0v) is 13.7. The van der Waals surface area contributed by atoms with Gasteiger partial charge in [0.05, 0.1) is 24.7 Å². The summed E-state index contributed by atoms with van der Waals surface area (Å²) in [6.07, 6.45) is 0. The van der Waals surface area contributed by atoms with Crippen molar-refractivity contribution in [2.24, 2.45) is 5.73 Å². The van der Waals surface area contributed by atoms with Crippen molar-refractivity contribution in [3.63, 3.8) is 0 Å². The Kier molecular flexibility index (Phi) is 7.24. The predicted octanol–water partition coefficient (Wildman–Crippen LogP) is -0.296. The van der Waals surface area contributed by atoms with E-state index in [2.05, 4.69) is 5.32 Å². The van der Waals surface area contributed by atoms with Crippen LogP contribution in [0.3, 0.4) is 0 Å². The number of amides is 1. The fraction of sp³-hybridized carbons (Fsp3) is 0.462. The molecule has 1 aromatic rings. The van der Waals surface area contributed by atoms with Gasteiger partial charge in [-0.2, -0.15) is 4.31 Å². The van der Waals surface area contributed by atoms with Crippen molar-refractivity contribution in [2.75, 3.05) is 32.8 Å². The van der Waals surface area contributed by atoms with E-state index in [9.17, 15) is 13.2 Å². The van der Waals surface area contributed by atoms with E-state index >= 15 is 0 Å². The van der Waals surface area contributed by atoms with E-state index in [0.717, 1.165) is 5.56 Å². The Morgan fingerprint density at radius 3 is 2.36 bits per heavy atom. The maximum absolute atomic E-state index is 12.4. The molecule has 1 fully saturated rings. The first kappa shape index (κ1) is 18.9. The molecule has 1 saturated heterocycles. The first-order valence-electron chi connectivity index (χ1n) is 6.67. The zero-order chi connectivity index (χ0) is 15.3. The molecule has 1 aliphatic rings. The third kappa shape index (κ3) is 4.65. The Bertz CT molecular complexity index is 586. The van der Waals surface area contributed by atoms with Crippen LogP contribution in [0.15, 0.2) is 29.2 Å². The van der Waals surface area contributed by atoms with Gasteiger partial charge in [-0.05, 0) is 17.7 Å². The molecule has 9 heteroatoms. The number of carbonyl (C=O) groups is 1. The molecular weight excluding hydrogens is 330 g/mol. The number of hydrogen-bond acceptors (Lipinski definition) is 5. The summed E-state index contributed by atoms with van der Waals surface area (Å²) in [6, 6.07) is 6.47. The predicted molar refractivity (Wildman–Crippen MR) is 84.2 cm³/mol. The fourth-order valence-electron chi connectivity index (χ4n) is 1.99. The van der Waals surface area contributed by atoms with Crippen LogP contribution in [0.2, 0.25) is 0 Å². The molecule has 0 bridgehead atoms. The van der Waals surface area contributed by atoms with Crippen molar-refractivity contribution in [1.82, 2.24) is 9.62 Å². The van der Waals surface area contributed by atoms with E-state index in [1.165, 1.54) is 4.31 Å². The van der Waals surface area contributed by atoms with Gasteiger partial charge in [0.2, 0.25) is 15.9 Å².